The Labute approximate surface area is 397 Å². The van der Waals surface area contributed by atoms with E-state index in [2.05, 4.69) is 21.3 Å². The fourth-order valence-corrected chi connectivity index (χ4v) is 8.15. The van der Waals surface area contributed by atoms with Gasteiger partial charge in [0.2, 0.25) is 12.6 Å². The van der Waals surface area contributed by atoms with Crippen LogP contribution in [0.3, 0.4) is 0 Å². The molecule has 0 spiro atoms. The fraction of sp³-hybridized carbons (Fsp3) is 0.789. The Kier molecular flexibility index (Phi) is 19.3. The number of aliphatic hydroxyl groups is 6. The van der Waals surface area contributed by atoms with E-state index in [-0.39, 0.29) is 10.2 Å². The molecule has 20 atom stereocenters. The zero-order chi connectivity index (χ0) is 50.3. The largest absolute Gasteiger partial charge is 0.456 e. The number of hydrogen-bond acceptors (Lipinski definition) is 26. The van der Waals surface area contributed by atoms with Crippen molar-refractivity contribution in [3.8, 4) is 0 Å². The van der Waals surface area contributed by atoms with Crippen LogP contribution < -0.4 is 21.3 Å². The summed E-state index contributed by atoms with van der Waals surface area (Å²) in [4.78, 5) is 75.7. The van der Waals surface area contributed by atoms with Crippen LogP contribution in [0.2, 0.25) is 0 Å². The van der Waals surface area contributed by atoms with Crippen LogP contribution in [-0.2, 0) is 85.6 Å². The molecule has 30 heteroatoms. The number of rotatable bonds is 6. The molecule has 5 heterocycles. The van der Waals surface area contributed by atoms with Crippen LogP contribution in [0.1, 0.15) is 41.5 Å². The van der Waals surface area contributed by atoms with E-state index in [1.165, 1.54) is 0 Å². The Bertz CT molecular complexity index is 1730. The number of aliphatic hydroxyl groups excluding tert-OH is 6. The first-order chi connectivity index (χ1) is 31.9. The van der Waals surface area contributed by atoms with Gasteiger partial charge in [0.15, 0.2) is 59.4 Å². The van der Waals surface area contributed by atoms with Crippen molar-refractivity contribution in [3.63, 3.8) is 0 Å². The Balaban J connectivity index is 1.58. The van der Waals surface area contributed by atoms with Crippen LogP contribution in [0.25, 0.3) is 0 Å². The molecule has 0 amide bonds. The number of esters is 6. The van der Waals surface area contributed by atoms with Crippen molar-refractivity contribution in [2.24, 2.45) is 0 Å². The quantitative estimate of drug-likeness (QED) is 0.0672. The van der Waals surface area contributed by atoms with Crippen LogP contribution in [-0.4, -0.2) is 226 Å². The third kappa shape index (κ3) is 13.9. The summed E-state index contributed by atoms with van der Waals surface area (Å²) in [5.41, 5.74) is 0. The minimum atomic E-state index is -1.95. The van der Waals surface area contributed by atoms with Crippen molar-refractivity contribution >= 4 is 70.5 Å². The van der Waals surface area contributed by atoms with Crippen molar-refractivity contribution in [1.29, 1.82) is 0 Å². The highest BCUT2D eigenvalue weighted by Gasteiger charge is 2.58. The van der Waals surface area contributed by atoms with Crippen LogP contribution in [0.4, 0.5) is 0 Å². The molecule has 0 aliphatic carbocycles. The third-order valence-electron chi connectivity index (χ3n) is 10.7. The second-order valence-electron chi connectivity index (χ2n) is 16.0. The number of nitrogens with one attached hydrogen (secondary N) is 4. The molecular weight excluding hydrogens is 961 g/mol. The predicted molar refractivity (Wildman–Crippen MR) is 223 cm³/mol. The first-order valence-corrected chi connectivity index (χ1v) is 21.8. The summed E-state index contributed by atoms with van der Waals surface area (Å²) in [5, 5.41) is 75.4. The molecule has 8 bridgehead atoms. The molecule has 384 valence electrons. The summed E-state index contributed by atoms with van der Waals surface area (Å²) in [6, 6.07) is 0. The van der Waals surface area contributed by atoms with Gasteiger partial charge in [-0.05, 0) is 24.4 Å². The molecule has 0 aromatic heterocycles. The van der Waals surface area contributed by atoms with Crippen molar-refractivity contribution in [2.75, 3.05) is 26.2 Å². The van der Waals surface area contributed by atoms with Crippen molar-refractivity contribution in [1.82, 2.24) is 21.3 Å². The van der Waals surface area contributed by atoms with Crippen molar-refractivity contribution in [2.45, 2.75) is 164 Å². The summed E-state index contributed by atoms with van der Waals surface area (Å²) < 4.78 is 69.3. The molecule has 28 nitrogen and oxygen atoms in total. The summed E-state index contributed by atoms with van der Waals surface area (Å²) in [7, 11) is 0. The zero-order valence-electron chi connectivity index (χ0n) is 37.2. The number of fused-ring (bicyclic) bond motifs is 8. The van der Waals surface area contributed by atoms with E-state index in [1.807, 2.05) is 0 Å². The Morgan fingerprint density at radius 1 is 0.368 bits per heavy atom. The molecule has 68 heavy (non-hydrogen) atoms. The monoisotopic (exact) mass is 1020 g/mol. The van der Waals surface area contributed by atoms with E-state index >= 15 is 0 Å². The molecule has 5 aliphatic rings. The van der Waals surface area contributed by atoms with Gasteiger partial charge in [-0.25, -0.2) is 0 Å². The second-order valence-corrected chi connectivity index (χ2v) is 16.8. The maximum absolute atomic E-state index is 12.7. The molecule has 5 rings (SSSR count). The molecule has 0 aromatic rings. The molecule has 0 saturated carbocycles. The first-order valence-electron chi connectivity index (χ1n) is 21.0. The second kappa shape index (κ2) is 24.0. The van der Waals surface area contributed by atoms with E-state index in [0.717, 1.165) is 41.5 Å². The Hall–Kier alpha value is -4.28. The smallest absolute Gasteiger partial charge is 0.303 e. The van der Waals surface area contributed by atoms with Crippen LogP contribution >= 0.6 is 24.4 Å². The summed E-state index contributed by atoms with van der Waals surface area (Å²) in [5.74, 6) is -5.69. The highest BCUT2D eigenvalue weighted by molar-refractivity contribution is 7.80. The van der Waals surface area contributed by atoms with E-state index in [0.29, 0.717) is 0 Å². The normalized spacial score (nSPS) is 40.4. The lowest BCUT2D eigenvalue weighted by Gasteiger charge is -2.48. The predicted octanol–water partition coefficient (Wildman–Crippen LogP) is -6.38. The SMILES string of the molecule is CC(=O)O[C@@H]1[C@@H](OC(C)=O)[C@H]2O[C@H]3O[C@H](CNC(=S)NC[C@H]4O[C@H](O[C@H]5O[C@H](CNC(=S)NC[C@@H](O2)[C@H]1OC(C)=O)[C@@H](O)[C@H](O)[C@H]5O)[C@H](O)[C@@H](O)[C@@H]4O)[C@@H](OC(C)=O)[C@H](OC(C)=O)[C@H]3OC(C)=O. The van der Waals surface area contributed by atoms with E-state index < -0.39 is 185 Å². The lowest BCUT2D eigenvalue weighted by atomic mass is 9.96. The molecule has 0 radical (unpaired) electrons. The van der Waals surface area contributed by atoms with Gasteiger partial charge >= 0.3 is 35.8 Å². The van der Waals surface area contributed by atoms with Gasteiger partial charge in [0.25, 0.3) is 0 Å². The van der Waals surface area contributed by atoms with Crippen molar-refractivity contribution in [3.05, 3.63) is 0 Å². The van der Waals surface area contributed by atoms with Gasteiger partial charge < -0.3 is 109 Å². The third-order valence-corrected chi connectivity index (χ3v) is 11.3. The van der Waals surface area contributed by atoms with Crippen LogP contribution in [0.15, 0.2) is 0 Å². The van der Waals surface area contributed by atoms with Gasteiger partial charge in [-0.15, -0.1) is 0 Å². The van der Waals surface area contributed by atoms with Gasteiger partial charge in [0, 0.05) is 67.7 Å². The van der Waals surface area contributed by atoms with Gasteiger partial charge in [-0.2, -0.15) is 0 Å². The van der Waals surface area contributed by atoms with E-state index in [4.69, 9.17) is 81.3 Å². The molecule has 10 N–H and O–H groups in total. The maximum Gasteiger partial charge on any atom is 0.303 e. The Morgan fingerprint density at radius 2 is 0.618 bits per heavy atom. The summed E-state index contributed by atoms with van der Waals surface area (Å²) in [6.07, 6.45) is -34.6. The van der Waals surface area contributed by atoms with Crippen LogP contribution in [0, 0.1) is 0 Å². The van der Waals surface area contributed by atoms with Gasteiger partial charge in [0.05, 0.1) is 0 Å². The van der Waals surface area contributed by atoms with Gasteiger partial charge in [0.1, 0.15) is 61.0 Å². The average Bonchev–Trinajstić information content (AvgIpc) is 3.24. The number of carbonyl (C=O) groups is 6. The topological polar surface area (TPSA) is 383 Å². The first kappa shape index (κ1) is 54.7. The van der Waals surface area contributed by atoms with E-state index in [9.17, 15) is 59.4 Å². The highest BCUT2D eigenvalue weighted by Crippen LogP contribution is 2.35. The zero-order valence-corrected chi connectivity index (χ0v) is 38.9. The standard InChI is InChI=1S/C38H56N4O24S2/c1-11(43)55-27-19-9-41-37(67)39-7-17-21(49)23(51)25(53)33(61-17)65-34-26(54)24(52)22(50)18(62-34)8-40-38(68)42-10-20-28(56-12(2)44)30(58-14(4)46)32(60-16(6)48)36(64-20)66-35(63-19)31(59-15(5)47)29(27)57-13(3)45/h17-36,49-54H,7-10H2,1-6H3,(H2,39,41,67)(H2,40,42,68)/t17-,18-,19-,20-,21-,22-,23+,24+,25-,26-,27-,28-,29+,30+,31-,32-,33-,34-,35-,36-/m1/s1. The molecule has 5 saturated heterocycles. The van der Waals surface area contributed by atoms with Gasteiger partial charge in [-0.1, -0.05) is 0 Å². The Morgan fingerprint density at radius 3 is 0.926 bits per heavy atom. The average molecular weight is 1020 g/mol. The molecular formula is C38H56N4O24S2. The molecule has 5 aliphatic heterocycles. The number of ether oxygens (including phenoxy) is 12. The lowest BCUT2D eigenvalue weighted by Crippen LogP contribution is -2.68. The van der Waals surface area contributed by atoms with Crippen molar-refractivity contribution < 1.29 is 116 Å². The minimum absolute atomic E-state index is 0.208. The summed E-state index contributed by atoms with van der Waals surface area (Å²) in [6.45, 7) is 4.35. The molecule has 0 aromatic carbocycles. The highest BCUT2D eigenvalue weighted by atomic mass is 32.1. The van der Waals surface area contributed by atoms with Gasteiger partial charge in [-0.3, -0.25) is 28.8 Å². The minimum Gasteiger partial charge on any atom is -0.456 e. The lowest BCUT2D eigenvalue weighted by molar-refractivity contribution is -0.373. The number of thiocarbonyl (C=S) groups is 2. The number of hydrogen-bond donors (Lipinski definition) is 10. The molecule has 0 unspecified atom stereocenters. The van der Waals surface area contributed by atoms with Crippen LogP contribution in [0.5, 0.6) is 0 Å². The fourth-order valence-electron chi connectivity index (χ4n) is 7.82. The summed E-state index contributed by atoms with van der Waals surface area (Å²) >= 11 is 10.9. The number of carbonyl (C=O) groups excluding carboxylic acids is 6. The molecule has 5 fully saturated rings. The van der Waals surface area contributed by atoms with E-state index in [1.54, 1.807) is 0 Å². The maximum atomic E-state index is 12.7.